The molecule has 150 valence electrons. The first-order valence-corrected chi connectivity index (χ1v) is 9.60. The van der Waals surface area contributed by atoms with Gasteiger partial charge in [-0.25, -0.2) is 14.9 Å². The fourth-order valence-electron chi connectivity index (χ4n) is 3.52. The molecular formula is C23H20ClN5O. The number of imidazole rings is 1. The number of aromatic nitrogens is 5. The molecule has 2 aromatic carbocycles. The van der Waals surface area contributed by atoms with E-state index in [1.54, 1.807) is 4.57 Å². The minimum absolute atomic E-state index is 0. The highest BCUT2D eigenvalue weighted by Crippen LogP contribution is 2.38. The molecule has 1 saturated carbocycles. The van der Waals surface area contributed by atoms with Crippen molar-refractivity contribution in [2.75, 3.05) is 0 Å². The van der Waals surface area contributed by atoms with Gasteiger partial charge in [-0.2, -0.15) is 5.10 Å². The normalized spacial score (nSPS) is 12.7. The van der Waals surface area contributed by atoms with Gasteiger partial charge in [-0.1, -0.05) is 48.4 Å². The van der Waals surface area contributed by atoms with E-state index in [4.69, 9.17) is 4.98 Å². The van der Waals surface area contributed by atoms with E-state index in [1.165, 1.54) is 0 Å². The zero-order valence-corrected chi connectivity index (χ0v) is 17.2. The van der Waals surface area contributed by atoms with Crippen LogP contribution in [0.15, 0.2) is 59.4 Å². The van der Waals surface area contributed by atoms with Crippen LogP contribution in [0.3, 0.4) is 0 Å². The first kappa shape index (κ1) is 19.7. The lowest BCUT2D eigenvalue weighted by atomic mass is 10.1. The molecule has 1 fully saturated rings. The summed E-state index contributed by atoms with van der Waals surface area (Å²) in [5, 5.41) is 6.93. The summed E-state index contributed by atoms with van der Waals surface area (Å²) in [5.41, 5.74) is 4.12. The molecule has 2 N–H and O–H groups in total. The van der Waals surface area contributed by atoms with E-state index in [9.17, 15) is 4.79 Å². The van der Waals surface area contributed by atoms with Gasteiger partial charge in [0, 0.05) is 22.7 Å². The smallest absolute Gasteiger partial charge is 0.335 e. The highest BCUT2D eigenvalue weighted by Gasteiger charge is 2.31. The van der Waals surface area contributed by atoms with Gasteiger partial charge >= 0.3 is 5.69 Å². The molecule has 2 heterocycles. The molecule has 4 aromatic rings. The maximum atomic E-state index is 12.4. The maximum Gasteiger partial charge on any atom is 0.343 e. The van der Waals surface area contributed by atoms with Crippen LogP contribution in [-0.4, -0.2) is 24.7 Å². The molecular weight excluding hydrogens is 398 g/mol. The van der Waals surface area contributed by atoms with E-state index < -0.39 is 0 Å². The van der Waals surface area contributed by atoms with E-state index in [0.717, 1.165) is 46.7 Å². The largest absolute Gasteiger partial charge is 0.343 e. The first-order valence-electron chi connectivity index (χ1n) is 9.60. The summed E-state index contributed by atoms with van der Waals surface area (Å²) in [5.74, 6) is 7.36. The molecule has 5 rings (SSSR count). The van der Waals surface area contributed by atoms with Gasteiger partial charge in [0.05, 0.1) is 0 Å². The minimum atomic E-state index is -0.185. The number of hydrogen-bond donors (Lipinski definition) is 2. The Morgan fingerprint density at radius 1 is 1.07 bits per heavy atom. The second kappa shape index (κ2) is 8.05. The topological polar surface area (TPSA) is 79.4 Å². The van der Waals surface area contributed by atoms with Crippen molar-refractivity contribution in [3.63, 3.8) is 0 Å². The molecule has 0 amide bonds. The second-order valence-corrected chi connectivity index (χ2v) is 7.08. The van der Waals surface area contributed by atoms with Gasteiger partial charge in [-0.15, -0.1) is 18.3 Å². The van der Waals surface area contributed by atoms with Crippen molar-refractivity contribution in [2.24, 2.45) is 0 Å². The molecule has 0 aliphatic heterocycles. The van der Waals surface area contributed by atoms with Gasteiger partial charge in [0.25, 0.3) is 0 Å². The van der Waals surface area contributed by atoms with Gasteiger partial charge < -0.3 is 4.98 Å². The molecule has 1 aliphatic rings. The molecule has 0 spiro atoms. The predicted molar refractivity (Wildman–Crippen MR) is 119 cm³/mol. The highest BCUT2D eigenvalue weighted by molar-refractivity contribution is 5.85. The lowest BCUT2D eigenvalue weighted by Gasteiger charge is -2.05. The molecule has 30 heavy (non-hydrogen) atoms. The zero-order valence-electron chi connectivity index (χ0n) is 16.3. The number of nitrogens with one attached hydrogen (secondary N) is 2. The number of H-pyrrole nitrogens is 2. The van der Waals surface area contributed by atoms with Gasteiger partial charge in [0.2, 0.25) is 0 Å². The monoisotopic (exact) mass is 417 g/mol. The van der Waals surface area contributed by atoms with Crippen LogP contribution in [0, 0.1) is 11.8 Å². The van der Waals surface area contributed by atoms with Crippen LogP contribution in [0.1, 0.15) is 31.4 Å². The van der Waals surface area contributed by atoms with Crippen molar-refractivity contribution < 1.29 is 0 Å². The van der Waals surface area contributed by atoms with E-state index >= 15 is 0 Å². The third kappa shape index (κ3) is 3.56. The lowest BCUT2D eigenvalue weighted by Crippen LogP contribution is -2.16. The minimum Gasteiger partial charge on any atom is -0.335 e. The summed E-state index contributed by atoms with van der Waals surface area (Å²) in [6.07, 6.45) is 1.98. The summed E-state index contributed by atoms with van der Waals surface area (Å²) in [7, 11) is 0. The quantitative estimate of drug-likeness (QED) is 0.482. The third-order valence-corrected chi connectivity index (χ3v) is 5.00. The first-order chi connectivity index (χ1) is 14.2. The molecule has 1 aliphatic carbocycles. The predicted octanol–water partition coefficient (Wildman–Crippen LogP) is 4.42. The Bertz CT molecular complexity index is 1300. The van der Waals surface area contributed by atoms with Crippen molar-refractivity contribution in [2.45, 2.75) is 25.8 Å². The Morgan fingerprint density at radius 3 is 2.57 bits per heavy atom. The van der Waals surface area contributed by atoms with Crippen molar-refractivity contribution in [3.05, 3.63) is 70.6 Å². The summed E-state index contributed by atoms with van der Waals surface area (Å²) in [6, 6.07) is 18.1. The Labute approximate surface area is 179 Å². The number of halogens is 1. The van der Waals surface area contributed by atoms with Crippen LogP contribution in [0.4, 0.5) is 0 Å². The Balaban J connectivity index is 0.00000218. The molecule has 0 saturated heterocycles. The number of rotatable bonds is 4. The number of nitrogens with zero attached hydrogens (tertiary/aromatic N) is 3. The molecule has 0 radical (unpaired) electrons. The molecule has 0 bridgehead atoms. The third-order valence-electron chi connectivity index (χ3n) is 5.00. The van der Waals surface area contributed by atoms with E-state index in [0.29, 0.717) is 5.82 Å². The van der Waals surface area contributed by atoms with Crippen molar-refractivity contribution in [3.8, 4) is 46.0 Å². The van der Waals surface area contributed by atoms with E-state index in [-0.39, 0.29) is 24.1 Å². The average molecular weight is 418 g/mol. The van der Waals surface area contributed by atoms with E-state index in [2.05, 4.69) is 27.0 Å². The Morgan fingerprint density at radius 2 is 1.83 bits per heavy atom. The Hall–Kier alpha value is -3.56. The molecule has 6 nitrogen and oxygen atoms in total. The van der Waals surface area contributed by atoms with Crippen molar-refractivity contribution >= 4 is 12.4 Å². The molecule has 2 aromatic heterocycles. The van der Waals surface area contributed by atoms with Gasteiger partial charge in [0.1, 0.15) is 17.2 Å². The van der Waals surface area contributed by atoms with Crippen LogP contribution in [0.2, 0.25) is 0 Å². The highest BCUT2D eigenvalue weighted by atomic mass is 35.5. The van der Waals surface area contributed by atoms with Crippen molar-refractivity contribution in [1.82, 2.24) is 24.7 Å². The maximum absolute atomic E-state index is 12.4. The van der Waals surface area contributed by atoms with Gasteiger partial charge in [0.15, 0.2) is 5.82 Å². The zero-order chi connectivity index (χ0) is 19.8. The van der Waals surface area contributed by atoms with Crippen LogP contribution >= 0.6 is 12.4 Å². The molecule has 0 atom stereocenters. The SMILES string of the molecule is CC#Cc1cccc(-c2nc(-c3ccccc3)[nH]c2-c2n[nH]c(=O)n2C2CC2)c1.Cl. The average Bonchev–Trinajstić information content (AvgIpc) is 3.36. The van der Waals surface area contributed by atoms with Crippen LogP contribution in [0.5, 0.6) is 0 Å². The fraction of sp³-hybridized carbons (Fsp3) is 0.174. The summed E-state index contributed by atoms with van der Waals surface area (Å²) < 4.78 is 1.74. The fourth-order valence-corrected chi connectivity index (χ4v) is 3.52. The second-order valence-electron chi connectivity index (χ2n) is 7.08. The number of aromatic amines is 2. The van der Waals surface area contributed by atoms with Crippen molar-refractivity contribution in [1.29, 1.82) is 0 Å². The summed E-state index contributed by atoms with van der Waals surface area (Å²) in [4.78, 5) is 20.6. The summed E-state index contributed by atoms with van der Waals surface area (Å²) in [6.45, 7) is 1.82. The van der Waals surface area contributed by atoms with E-state index in [1.807, 2.05) is 61.5 Å². The van der Waals surface area contributed by atoms with Gasteiger partial charge in [-0.05, 0) is 31.9 Å². The lowest BCUT2D eigenvalue weighted by molar-refractivity contribution is 0.715. The van der Waals surface area contributed by atoms with Crippen LogP contribution < -0.4 is 5.69 Å². The Kier molecular flexibility index (Phi) is 5.30. The number of benzene rings is 2. The van der Waals surface area contributed by atoms with Gasteiger partial charge in [-0.3, -0.25) is 4.57 Å². The van der Waals surface area contributed by atoms with Crippen LogP contribution in [0.25, 0.3) is 34.2 Å². The molecule has 0 unspecified atom stereocenters. The standard InChI is InChI=1S/C23H19N5O.ClH/c1-2-7-15-8-6-11-17(14-15)19-20(22-26-27-23(29)28(22)18-12-13-18)25-21(24-19)16-9-4-3-5-10-16;/h3-6,8-11,14,18H,12-13H2,1H3,(H,24,25)(H,27,29);1H. The van der Waals surface area contributed by atoms with Crippen LogP contribution in [-0.2, 0) is 0 Å². The summed E-state index contributed by atoms with van der Waals surface area (Å²) >= 11 is 0. The molecule has 7 heteroatoms. The number of hydrogen-bond acceptors (Lipinski definition) is 3.